The van der Waals surface area contributed by atoms with Crippen molar-refractivity contribution in [2.75, 3.05) is 18.4 Å². The van der Waals surface area contributed by atoms with Crippen LogP contribution in [0.1, 0.15) is 17.3 Å². The molecule has 2 amide bonds. The monoisotopic (exact) mass is 362 g/mol. The molecule has 1 heterocycles. The fraction of sp³-hybridized carbons (Fsp3) is 0.400. The first-order chi connectivity index (χ1) is 11.5. The molecule has 6 nitrogen and oxygen atoms in total. The highest BCUT2D eigenvalue weighted by atomic mass is 19.4. The number of hydrogen-bond donors (Lipinski definition) is 2. The molecular formula is C15H14F4N2O4. The van der Waals surface area contributed by atoms with Crippen LogP contribution in [0.15, 0.2) is 18.2 Å². The van der Waals surface area contributed by atoms with Crippen LogP contribution in [0.25, 0.3) is 0 Å². The summed E-state index contributed by atoms with van der Waals surface area (Å²) in [6.45, 7) is -0.283. The van der Waals surface area contributed by atoms with Gasteiger partial charge >= 0.3 is 18.2 Å². The number of nitrogens with one attached hydrogen (secondary N) is 1. The van der Waals surface area contributed by atoms with Gasteiger partial charge < -0.3 is 15.3 Å². The van der Waals surface area contributed by atoms with Gasteiger partial charge in [-0.1, -0.05) is 0 Å². The second-order valence-electron chi connectivity index (χ2n) is 5.68. The van der Waals surface area contributed by atoms with Crippen LogP contribution in [0, 0.1) is 17.7 Å². The first-order valence-electron chi connectivity index (χ1n) is 7.16. The molecule has 1 aromatic carbocycles. The fourth-order valence-corrected chi connectivity index (χ4v) is 2.63. The van der Waals surface area contributed by atoms with Crippen LogP contribution in [-0.4, -0.2) is 47.1 Å². The number of carboxylic acids is 1. The first-order valence-corrected chi connectivity index (χ1v) is 7.16. The van der Waals surface area contributed by atoms with Gasteiger partial charge in [-0.15, -0.1) is 0 Å². The molecule has 2 N–H and O–H groups in total. The lowest BCUT2D eigenvalue weighted by molar-refractivity contribution is -0.187. The Kier molecular flexibility index (Phi) is 5.00. The molecule has 0 unspecified atom stereocenters. The Balaban J connectivity index is 2.15. The molecule has 0 bridgehead atoms. The molecule has 136 valence electrons. The second-order valence-corrected chi connectivity index (χ2v) is 5.68. The molecule has 0 spiro atoms. The van der Waals surface area contributed by atoms with E-state index in [2.05, 4.69) is 5.32 Å². The van der Waals surface area contributed by atoms with Gasteiger partial charge in [-0.3, -0.25) is 9.59 Å². The standard InChI is InChI=1S/C15H14F4N2O4/c1-7(22)9-4-8(2-3-12(9)16)20-14(25)21-5-10(13(23)24)11(6-21)15(17,18)19/h2-4,10-11H,5-6H2,1H3,(H,20,25)(H,23,24)/t10-,11-/m1/s1. The molecule has 1 fully saturated rings. The van der Waals surface area contributed by atoms with Crippen molar-refractivity contribution in [3.05, 3.63) is 29.6 Å². The number of halogens is 4. The number of nitrogens with zero attached hydrogens (tertiary/aromatic N) is 1. The molecule has 2 rings (SSSR count). The van der Waals surface area contributed by atoms with Gasteiger partial charge in [-0.05, 0) is 25.1 Å². The number of urea groups is 1. The van der Waals surface area contributed by atoms with Gasteiger partial charge in [0.05, 0.1) is 17.4 Å². The zero-order valence-corrected chi connectivity index (χ0v) is 12.9. The summed E-state index contributed by atoms with van der Waals surface area (Å²) < 4.78 is 52.2. The molecular weight excluding hydrogens is 348 g/mol. The first kappa shape index (κ1) is 18.7. The van der Waals surface area contributed by atoms with Gasteiger partial charge in [0, 0.05) is 18.8 Å². The third kappa shape index (κ3) is 4.06. The Bertz CT molecular complexity index is 720. The number of benzene rings is 1. The molecule has 1 aliphatic rings. The number of alkyl halides is 3. The van der Waals surface area contributed by atoms with Crippen LogP contribution >= 0.6 is 0 Å². The predicted octanol–water partition coefficient (Wildman–Crippen LogP) is 2.76. The molecule has 10 heteroatoms. The van der Waals surface area contributed by atoms with Crippen molar-refractivity contribution < 1.29 is 37.1 Å². The van der Waals surface area contributed by atoms with E-state index in [1.54, 1.807) is 0 Å². The van der Waals surface area contributed by atoms with Gasteiger partial charge in [0.25, 0.3) is 0 Å². The fourth-order valence-electron chi connectivity index (χ4n) is 2.63. The quantitative estimate of drug-likeness (QED) is 0.639. The van der Waals surface area contributed by atoms with Crippen molar-refractivity contribution in [1.29, 1.82) is 0 Å². The minimum Gasteiger partial charge on any atom is -0.481 e. The van der Waals surface area contributed by atoms with Crippen molar-refractivity contribution in [2.24, 2.45) is 11.8 Å². The summed E-state index contributed by atoms with van der Waals surface area (Å²) in [7, 11) is 0. The maximum atomic E-state index is 13.4. The number of aliphatic carboxylic acids is 1. The second kappa shape index (κ2) is 6.69. The van der Waals surface area contributed by atoms with Crippen molar-refractivity contribution in [3.8, 4) is 0 Å². The summed E-state index contributed by atoms with van der Waals surface area (Å²) in [4.78, 5) is 35.1. The number of carbonyl (C=O) groups is 3. The maximum Gasteiger partial charge on any atom is 0.394 e. The third-order valence-electron chi connectivity index (χ3n) is 3.94. The molecule has 0 saturated carbocycles. The average molecular weight is 362 g/mol. The highest BCUT2D eigenvalue weighted by molar-refractivity contribution is 5.97. The van der Waals surface area contributed by atoms with E-state index in [4.69, 9.17) is 5.11 Å². The van der Waals surface area contributed by atoms with Crippen LogP contribution in [-0.2, 0) is 4.79 Å². The van der Waals surface area contributed by atoms with Crippen LogP contribution in [0.2, 0.25) is 0 Å². The lowest BCUT2D eigenvalue weighted by Gasteiger charge is -2.19. The molecule has 1 aliphatic heterocycles. The number of carboxylic acid groups (broad SMARTS) is 1. The molecule has 25 heavy (non-hydrogen) atoms. The van der Waals surface area contributed by atoms with E-state index in [0.717, 1.165) is 30.0 Å². The number of ketones is 1. The van der Waals surface area contributed by atoms with E-state index < -0.39 is 54.7 Å². The predicted molar refractivity (Wildman–Crippen MR) is 77.7 cm³/mol. The van der Waals surface area contributed by atoms with E-state index >= 15 is 0 Å². The van der Waals surface area contributed by atoms with E-state index in [0.29, 0.717) is 0 Å². The summed E-state index contributed by atoms with van der Waals surface area (Å²) in [6, 6.07) is 2.18. The van der Waals surface area contributed by atoms with Crippen molar-refractivity contribution >= 4 is 23.5 Å². The molecule has 0 aliphatic carbocycles. The van der Waals surface area contributed by atoms with E-state index in [1.165, 1.54) is 0 Å². The number of Topliss-reactive ketones (excluding diaryl/α,β-unsaturated/α-hetero) is 1. The zero-order valence-electron chi connectivity index (χ0n) is 12.9. The summed E-state index contributed by atoms with van der Waals surface area (Å²) in [5, 5.41) is 11.2. The number of amides is 2. The normalized spacial score (nSPS) is 20.4. The molecule has 0 radical (unpaired) electrons. The van der Waals surface area contributed by atoms with E-state index in [-0.39, 0.29) is 11.3 Å². The Morgan fingerprint density at radius 2 is 1.88 bits per heavy atom. The number of carbonyl (C=O) groups excluding carboxylic acids is 2. The third-order valence-corrected chi connectivity index (χ3v) is 3.94. The number of hydrogen-bond acceptors (Lipinski definition) is 3. The molecule has 1 saturated heterocycles. The van der Waals surface area contributed by atoms with Crippen LogP contribution in [0.3, 0.4) is 0 Å². The summed E-state index contributed by atoms with van der Waals surface area (Å²) in [5.74, 6) is -6.95. The Morgan fingerprint density at radius 3 is 2.36 bits per heavy atom. The topological polar surface area (TPSA) is 86.7 Å². The lowest BCUT2D eigenvalue weighted by atomic mass is 9.96. The van der Waals surface area contributed by atoms with Gasteiger partial charge in [-0.2, -0.15) is 13.2 Å². The van der Waals surface area contributed by atoms with Crippen LogP contribution in [0.4, 0.5) is 28.0 Å². The van der Waals surface area contributed by atoms with Crippen molar-refractivity contribution in [2.45, 2.75) is 13.1 Å². The van der Waals surface area contributed by atoms with Crippen molar-refractivity contribution in [1.82, 2.24) is 4.90 Å². The molecule has 1 aromatic rings. The van der Waals surface area contributed by atoms with Gasteiger partial charge in [0.2, 0.25) is 0 Å². The van der Waals surface area contributed by atoms with Crippen LogP contribution < -0.4 is 5.32 Å². The van der Waals surface area contributed by atoms with Gasteiger partial charge in [0.15, 0.2) is 5.78 Å². The lowest BCUT2D eigenvalue weighted by Crippen LogP contribution is -2.35. The Morgan fingerprint density at radius 1 is 1.24 bits per heavy atom. The largest absolute Gasteiger partial charge is 0.481 e. The minimum absolute atomic E-state index is 0.0129. The Hall–Kier alpha value is -2.65. The average Bonchev–Trinajstić information content (AvgIpc) is 2.94. The summed E-state index contributed by atoms with van der Waals surface area (Å²) >= 11 is 0. The Labute approximate surface area is 139 Å². The smallest absolute Gasteiger partial charge is 0.394 e. The zero-order chi connectivity index (χ0) is 18.9. The van der Waals surface area contributed by atoms with Crippen molar-refractivity contribution in [3.63, 3.8) is 0 Å². The SMILES string of the molecule is CC(=O)c1cc(NC(=O)N2C[C@@H](C(F)(F)F)[C@H](C(=O)O)C2)ccc1F. The molecule has 2 atom stereocenters. The number of anilines is 1. The molecule has 0 aromatic heterocycles. The summed E-state index contributed by atoms with van der Waals surface area (Å²) in [6.07, 6.45) is -4.75. The summed E-state index contributed by atoms with van der Waals surface area (Å²) in [5.41, 5.74) is -0.269. The maximum absolute atomic E-state index is 13.4. The number of likely N-dealkylation sites (tertiary alicyclic amines) is 1. The number of rotatable bonds is 3. The van der Waals surface area contributed by atoms with Crippen LogP contribution in [0.5, 0.6) is 0 Å². The van der Waals surface area contributed by atoms with E-state index in [9.17, 15) is 31.9 Å². The van der Waals surface area contributed by atoms with Gasteiger partial charge in [-0.25, -0.2) is 9.18 Å². The highest BCUT2D eigenvalue weighted by Gasteiger charge is 2.53. The van der Waals surface area contributed by atoms with Gasteiger partial charge in [0.1, 0.15) is 5.82 Å². The highest BCUT2D eigenvalue weighted by Crippen LogP contribution is 2.37. The van der Waals surface area contributed by atoms with E-state index in [1.807, 2.05) is 0 Å². The minimum atomic E-state index is -4.75.